The van der Waals surface area contributed by atoms with Crippen LogP contribution >= 0.6 is 0 Å². The van der Waals surface area contributed by atoms with Crippen molar-refractivity contribution < 1.29 is 4.79 Å². The highest BCUT2D eigenvalue weighted by Crippen LogP contribution is 2.23. The predicted molar refractivity (Wildman–Crippen MR) is 96.8 cm³/mol. The van der Waals surface area contributed by atoms with Gasteiger partial charge in [-0.05, 0) is 11.6 Å². The van der Waals surface area contributed by atoms with Gasteiger partial charge in [-0.2, -0.15) is 15.0 Å². The summed E-state index contributed by atoms with van der Waals surface area (Å²) in [4.78, 5) is 19.2. The van der Waals surface area contributed by atoms with E-state index in [4.69, 9.17) is 0 Å². The molecule has 4 aromatic rings. The number of nitrogens with zero attached hydrogens (tertiary/aromatic N) is 7. The number of hydrogen-bond donors (Lipinski definition) is 1. The largest absolute Gasteiger partial charge is 0.361 e. The molecule has 4 heterocycles. The van der Waals surface area contributed by atoms with Gasteiger partial charge < -0.3 is 9.88 Å². The average molecular weight is 362 g/mol. The van der Waals surface area contributed by atoms with E-state index in [1.54, 1.807) is 17.2 Å². The number of nitrogens with one attached hydrogen (secondary N) is 1. The summed E-state index contributed by atoms with van der Waals surface area (Å²) in [7, 11) is 0. The van der Waals surface area contributed by atoms with Crippen molar-refractivity contribution in [3.63, 3.8) is 0 Å². The first-order valence-corrected chi connectivity index (χ1v) is 8.84. The van der Waals surface area contributed by atoms with Crippen LogP contribution in [0.25, 0.3) is 10.9 Å². The molecule has 1 fully saturated rings. The van der Waals surface area contributed by atoms with Crippen LogP contribution in [0.4, 0.5) is 0 Å². The van der Waals surface area contributed by atoms with Crippen LogP contribution in [0.2, 0.25) is 0 Å². The molecule has 0 spiro atoms. The number of hydrogen-bond acceptors (Lipinski definition) is 5. The minimum atomic E-state index is 0.136. The van der Waals surface area contributed by atoms with E-state index in [-0.39, 0.29) is 11.9 Å². The van der Waals surface area contributed by atoms with Crippen molar-refractivity contribution in [2.75, 3.05) is 13.1 Å². The van der Waals surface area contributed by atoms with Gasteiger partial charge in [-0.1, -0.05) is 23.4 Å². The lowest BCUT2D eigenvalue weighted by molar-refractivity contribution is -0.136. The van der Waals surface area contributed by atoms with Crippen molar-refractivity contribution in [1.82, 2.24) is 39.9 Å². The Bertz CT molecular complexity index is 1070. The maximum absolute atomic E-state index is 12.6. The monoisotopic (exact) mass is 362 g/mol. The summed E-state index contributed by atoms with van der Waals surface area (Å²) in [5.41, 5.74) is 2.90. The second-order valence-corrected chi connectivity index (χ2v) is 6.74. The van der Waals surface area contributed by atoms with Crippen molar-refractivity contribution >= 4 is 16.8 Å². The number of carbonyl (C=O) groups excluding carboxylic acids is 1. The molecule has 0 unspecified atom stereocenters. The molecule has 1 aliphatic rings. The van der Waals surface area contributed by atoms with E-state index in [9.17, 15) is 4.79 Å². The first-order chi connectivity index (χ1) is 13.3. The van der Waals surface area contributed by atoms with Crippen molar-refractivity contribution in [2.24, 2.45) is 0 Å². The van der Waals surface area contributed by atoms with E-state index < -0.39 is 0 Å². The van der Waals surface area contributed by atoms with E-state index in [1.807, 2.05) is 46.2 Å². The molecule has 1 saturated heterocycles. The van der Waals surface area contributed by atoms with Crippen LogP contribution in [0.15, 0.2) is 49.1 Å². The fraction of sp³-hybridized carbons (Fsp3) is 0.278. The van der Waals surface area contributed by atoms with Gasteiger partial charge in [-0.3, -0.25) is 4.79 Å². The Morgan fingerprint density at radius 1 is 1.19 bits per heavy atom. The molecule has 0 saturated carbocycles. The molecule has 1 aromatic carbocycles. The summed E-state index contributed by atoms with van der Waals surface area (Å²) in [6, 6.07) is 8.20. The van der Waals surface area contributed by atoms with Gasteiger partial charge >= 0.3 is 0 Å². The Balaban J connectivity index is 1.19. The number of likely N-dealkylation sites (tertiary alicyclic amines) is 1. The van der Waals surface area contributed by atoms with Crippen LogP contribution in [-0.4, -0.2) is 58.9 Å². The molecular formula is C18H18N8O. The minimum absolute atomic E-state index is 0.136. The molecule has 136 valence electrons. The summed E-state index contributed by atoms with van der Waals surface area (Å²) in [5.74, 6) is 0.136. The van der Waals surface area contributed by atoms with Crippen LogP contribution in [0, 0.1) is 0 Å². The lowest BCUT2D eigenvalue weighted by atomic mass is 10.1. The standard InChI is InChI=1S/C18H18N8O/c27-18(7-13-8-19-17-4-2-1-3-16(13)17)24-11-15(12-24)25-9-14(22-23-25)10-26-20-5-6-21-26/h1-6,8-9,15,19H,7,10-12H2. The molecule has 0 bridgehead atoms. The molecule has 0 aliphatic carbocycles. The number of H-pyrrole nitrogens is 1. The van der Waals surface area contributed by atoms with Crippen molar-refractivity contribution in [2.45, 2.75) is 19.0 Å². The van der Waals surface area contributed by atoms with E-state index >= 15 is 0 Å². The lowest BCUT2D eigenvalue weighted by Gasteiger charge is -2.38. The Morgan fingerprint density at radius 2 is 2.00 bits per heavy atom. The topological polar surface area (TPSA) is 97.5 Å². The maximum Gasteiger partial charge on any atom is 0.227 e. The third-order valence-electron chi connectivity index (χ3n) is 4.93. The fourth-order valence-electron chi connectivity index (χ4n) is 3.41. The van der Waals surface area contributed by atoms with Gasteiger partial charge in [0.15, 0.2) is 0 Å². The summed E-state index contributed by atoms with van der Waals surface area (Å²) in [6.45, 7) is 1.80. The predicted octanol–water partition coefficient (Wildman–Crippen LogP) is 1.03. The lowest BCUT2D eigenvalue weighted by Crippen LogP contribution is -2.51. The third kappa shape index (κ3) is 2.97. The van der Waals surface area contributed by atoms with Gasteiger partial charge in [0, 0.05) is 30.2 Å². The van der Waals surface area contributed by atoms with Crippen LogP contribution in [0.1, 0.15) is 17.3 Å². The van der Waals surface area contributed by atoms with Gasteiger partial charge in [-0.25, -0.2) is 4.68 Å². The zero-order chi connectivity index (χ0) is 18.2. The number of fused-ring (bicyclic) bond motifs is 1. The quantitative estimate of drug-likeness (QED) is 0.572. The summed E-state index contributed by atoms with van der Waals surface area (Å²) >= 11 is 0. The van der Waals surface area contributed by atoms with E-state index in [1.165, 1.54) is 0 Å². The Labute approximate surface area is 154 Å². The number of carbonyl (C=O) groups is 1. The molecule has 0 radical (unpaired) electrons. The number of aromatic nitrogens is 7. The van der Waals surface area contributed by atoms with Crippen molar-refractivity contribution in [1.29, 1.82) is 0 Å². The van der Waals surface area contributed by atoms with Crippen molar-refractivity contribution in [3.8, 4) is 0 Å². The molecule has 27 heavy (non-hydrogen) atoms. The molecular weight excluding hydrogens is 344 g/mol. The zero-order valence-electron chi connectivity index (χ0n) is 14.6. The Hall–Kier alpha value is -3.49. The maximum atomic E-state index is 12.6. The van der Waals surface area contributed by atoms with Crippen molar-refractivity contribution in [3.05, 3.63) is 60.3 Å². The second kappa shape index (κ2) is 6.35. The second-order valence-electron chi connectivity index (χ2n) is 6.74. The molecule has 0 atom stereocenters. The Kier molecular flexibility index (Phi) is 3.70. The molecule has 1 aliphatic heterocycles. The SMILES string of the molecule is O=C(Cc1c[nH]c2ccccc12)N1CC(n2cc(Cn3nccn3)nn2)C1. The highest BCUT2D eigenvalue weighted by atomic mass is 16.2. The molecule has 9 heteroatoms. The van der Waals surface area contributed by atoms with Gasteiger partial charge in [0.05, 0.1) is 31.1 Å². The molecule has 9 nitrogen and oxygen atoms in total. The summed E-state index contributed by atoms with van der Waals surface area (Å²) in [6.07, 6.45) is 7.49. The number of aromatic amines is 1. The Morgan fingerprint density at radius 3 is 2.85 bits per heavy atom. The smallest absolute Gasteiger partial charge is 0.227 e. The number of rotatable bonds is 5. The molecule has 1 N–H and O–H groups in total. The number of benzene rings is 1. The van der Waals surface area contributed by atoms with Gasteiger partial charge in [0.1, 0.15) is 12.2 Å². The summed E-state index contributed by atoms with van der Waals surface area (Å²) < 4.78 is 1.83. The van der Waals surface area contributed by atoms with Gasteiger partial charge in [0.2, 0.25) is 5.91 Å². The van der Waals surface area contributed by atoms with Gasteiger partial charge in [-0.15, -0.1) is 5.10 Å². The van der Waals surface area contributed by atoms with Gasteiger partial charge in [0.25, 0.3) is 0 Å². The molecule has 5 rings (SSSR count). The number of para-hydroxylation sites is 1. The highest BCUT2D eigenvalue weighted by Gasteiger charge is 2.32. The fourth-order valence-corrected chi connectivity index (χ4v) is 3.41. The molecule has 3 aromatic heterocycles. The van der Waals surface area contributed by atoms with Crippen LogP contribution < -0.4 is 0 Å². The van der Waals surface area contributed by atoms with E-state index in [0.29, 0.717) is 26.1 Å². The van der Waals surface area contributed by atoms with Crippen LogP contribution in [0.5, 0.6) is 0 Å². The average Bonchev–Trinajstić information content (AvgIpc) is 3.37. The normalized spacial score (nSPS) is 14.6. The first-order valence-electron chi connectivity index (χ1n) is 8.84. The van der Waals surface area contributed by atoms with Crippen LogP contribution in [-0.2, 0) is 17.8 Å². The number of amides is 1. The third-order valence-corrected chi connectivity index (χ3v) is 4.93. The minimum Gasteiger partial charge on any atom is -0.361 e. The molecule has 1 amide bonds. The zero-order valence-corrected chi connectivity index (χ0v) is 14.6. The van der Waals surface area contributed by atoms with E-state index in [2.05, 4.69) is 25.5 Å². The highest BCUT2D eigenvalue weighted by molar-refractivity contribution is 5.89. The van der Waals surface area contributed by atoms with E-state index in [0.717, 1.165) is 22.2 Å². The first kappa shape index (κ1) is 15.7. The van der Waals surface area contributed by atoms with Crippen LogP contribution in [0.3, 0.4) is 0 Å². The summed E-state index contributed by atoms with van der Waals surface area (Å²) in [5, 5.41) is 17.6.